The van der Waals surface area contributed by atoms with Crippen molar-refractivity contribution in [3.05, 3.63) is 75.4 Å². The van der Waals surface area contributed by atoms with Crippen LogP contribution in [0.3, 0.4) is 0 Å². The van der Waals surface area contributed by atoms with Crippen LogP contribution in [0.5, 0.6) is 5.75 Å². The first-order valence-electron chi connectivity index (χ1n) is 8.39. The molecule has 5 nitrogen and oxygen atoms in total. The van der Waals surface area contributed by atoms with Crippen LogP contribution in [0, 0.1) is 0 Å². The van der Waals surface area contributed by atoms with Gasteiger partial charge in [-0.2, -0.15) is 18.3 Å². The Morgan fingerprint density at radius 3 is 2.73 bits per heavy atom. The van der Waals surface area contributed by atoms with Gasteiger partial charge in [-0.3, -0.25) is 4.79 Å². The molecule has 30 heavy (non-hydrogen) atoms. The number of furan rings is 1. The van der Waals surface area contributed by atoms with Crippen molar-refractivity contribution >= 4 is 39.7 Å². The number of amides is 1. The first-order chi connectivity index (χ1) is 14.2. The zero-order valence-corrected chi connectivity index (χ0v) is 17.4. The Morgan fingerprint density at radius 2 is 2.00 bits per heavy atom. The first-order valence-corrected chi connectivity index (χ1v) is 9.57. The molecule has 0 radical (unpaired) electrons. The van der Waals surface area contributed by atoms with Gasteiger partial charge in [0.1, 0.15) is 17.3 Å². The number of ether oxygens (including phenoxy) is 1. The lowest BCUT2D eigenvalue weighted by molar-refractivity contribution is -0.137. The standard InChI is InChI=1S/C20H13BrClF3N2O3/c21-16-9-14(22)4-6-18(16)29-11-19(28)27-26-10-15-5-7-17(30-15)12-2-1-3-13(8-12)20(23,24)25/h1-10H,11H2,(H,27,28)/b26-10+. The molecule has 1 N–H and O–H groups in total. The number of alkyl halides is 3. The Bertz CT molecular complexity index is 1080. The maximum absolute atomic E-state index is 12.8. The zero-order valence-electron chi connectivity index (χ0n) is 15.0. The number of rotatable bonds is 6. The van der Waals surface area contributed by atoms with E-state index in [4.69, 9.17) is 20.8 Å². The van der Waals surface area contributed by atoms with E-state index in [0.29, 0.717) is 15.2 Å². The van der Waals surface area contributed by atoms with Gasteiger partial charge in [-0.1, -0.05) is 23.7 Å². The van der Waals surface area contributed by atoms with E-state index < -0.39 is 17.6 Å². The summed E-state index contributed by atoms with van der Waals surface area (Å²) in [6.45, 7) is -0.286. The summed E-state index contributed by atoms with van der Waals surface area (Å²) in [6.07, 6.45) is -3.21. The van der Waals surface area contributed by atoms with Crippen molar-refractivity contribution in [2.45, 2.75) is 6.18 Å². The average Bonchev–Trinajstić information content (AvgIpc) is 3.16. The largest absolute Gasteiger partial charge is 0.483 e. The van der Waals surface area contributed by atoms with Crippen molar-refractivity contribution in [2.24, 2.45) is 5.10 Å². The van der Waals surface area contributed by atoms with Crippen LogP contribution in [0.15, 0.2) is 68.6 Å². The van der Waals surface area contributed by atoms with Gasteiger partial charge in [0.2, 0.25) is 0 Å². The quantitative estimate of drug-likeness (QED) is 0.337. The smallest absolute Gasteiger partial charge is 0.416 e. The summed E-state index contributed by atoms with van der Waals surface area (Å²) in [6, 6.07) is 12.7. The minimum absolute atomic E-state index is 0.241. The van der Waals surface area contributed by atoms with E-state index in [9.17, 15) is 18.0 Å². The molecule has 10 heteroatoms. The number of nitrogens with zero attached hydrogens (tertiary/aromatic N) is 1. The van der Waals surface area contributed by atoms with E-state index >= 15 is 0 Å². The van der Waals surface area contributed by atoms with E-state index in [1.165, 1.54) is 30.5 Å². The molecule has 1 amide bonds. The fourth-order valence-corrected chi connectivity index (χ4v) is 3.16. The molecule has 0 saturated carbocycles. The SMILES string of the molecule is O=C(COc1ccc(Cl)cc1Br)N/N=C/c1ccc(-c2cccc(C(F)(F)F)c2)o1. The van der Waals surface area contributed by atoms with Crippen LogP contribution in [-0.2, 0) is 11.0 Å². The van der Waals surface area contributed by atoms with Crippen molar-refractivity contribution in [2.75, 3.05) is 6.61 Å². The highest BCUT2D eigenvalue weighted by atomic mass is 79.9. The number of carbonyl (C=O) groups is 1. The molecular formula is C20H13BrClF3N2O3. The molecule has 1 heterocycles. The summed E-state index contributed by atoms with van der Waals surface area (Å²) in [5, 5.41) is 4.26. The van der Waals surface area contributed by atoms with Crippen LogP contribution in [0.25, 0.3) is 11.3 Å². The molecular weight excluding hydrogens is 489 g/mol. The highest BCUT2D eigenvalue weighted by Gasteiger charge is 2.30. The van der Waals surface area contributed by atoms with Crippen LogP contribution in [0.1, 0.15) is 11.3 Å². The Morgan fingerprint density at radius 1 is 1.20 bits per heavy atom. The fourth-order valence-electron chi connectivity index (χ4n) is 2.36. The summed E-state index contributed by atoms with van der Waals surface area (Å²) in [5.74, 6) is 0.418. The molecule has 0 saturated heterocycles. The maximum Gasteiger partial charge on any atom is 0.416 e. The molecule has 2 aromatic carbocycles. The molecule has 0 aliphatic rings. The van der Waals surface area contributed by atoms with Crippen LogP contribution in [0.2, 0.25) is 5.02 Å². The first kappa shape index (κ1) is 21.9. The number of benzene rings is 2. The topological polar surface area (TPSA) is 63.8 Å². The van der Waals surface area contributed by atoms with Gasteiger partial charge in [-0.15, -0.1) is 0 Å². The van der Waals surface area contributed by atoms with Gasteiger partial charge in [-0.05, 0) is 58.4 Å². The molecule has 3 aromatic rings. The Labute approximate surface area is 182 Å². The molecule has 0 unspecified atom stereocenters. The van der Waals surface area contributed by atoms with Crippen molar-refractivity contribution < 1.29 is 27.1 Å². The van der Waals surface area contributed by atoms with Gasteiger partial charge in [0, 0.05) is 10.6 Å². The van der Waals surface area contributed by atoms with Crippen LogP contribution in [-0.4, -0.2) is 18.7 Å². The highest BCUT2D eigenvalue weighted by molar-refractivity contribution is 9.10. The van der Waals surface area contributed by atoms with Gasteiger partial charge >= 0.3 is 6.18 Å². The zero-order chi connectivity index (χ0) is 21.7. The molecule has 0 aliphatic carbocycles. The minimum Gasteiger partial charge on any atom is -0.483 e. The van der Waals surface area contributed by atoms with Gasteiger partial charge < -0.3 is 9.15 Å². The lowest BCUT2D eigenvalue weighted by atomic mass is 10.1. The lowest BCUT2D eigenvalue weighted by Gasteiger charge is -2.07. The second kappa shape index (κ2) is 9.36. The summed E-state index contributed by atoms with van der Waals surface area (Å²) in [5.41, 5.74) is 1.77. The second-order valence-electron chi connectivity index (χ2n) is 5.94. The molecule has 0 fully saturated rings. The Balaban J connectivity index is 1.56. The molecule has 156 valence electrons. The lowest BCUT2D eigenvalue weighted by Crippen LogP contribution is -2.24. The van der Waals surface area contributed by atoms with Gasteiger partial charge in [0.15, 0.2) is 6.61 Å². The number of halogens is 5. The monoisotopic (exact) mass is 500 g/mol. The summed E-state index contributed by atoms with van der Waals surface area (Å²) in [7, 11) is 0. The minimum atomic E-state index is -4.44. The molecule has 0 spiro atoms. The van der Waals surface area contributed by atoms with E-state index in [1.54, 1.807) is 18.2 Å². The van der Waals surface area contributed by atoms with E-state index in [2.05, 4.69) is 26.5 Å². The van der Waals surface area contributed by atoms with Gasteiger partial charge in [0.05, 0.1) is 16.3 Å². The van der Waals surface area contributed by atoms with Gasteiger partial charge in [-0.25, -0.2) is 5.43 Å². The van der Waals surface area contributed by atoms with Crippen molar-refractivity contribution in [3.63, 3.8) is 0 Å². The van der Waals surface area contributed by atoms with E-state index in [-0.39, 0.29) is 23.7 Å². The summed E-state index contributed by atoms with van der Waals surface area (Å²) < 4.78 is 49.9. The Kier molecular flexibility index (Phi) is 6.84. The van der Waals surface area contributed by atoms with Crippen LogP contribution >= 0.6 is 27.5 Å². The Hall–Kier alpha value is -2.78. The third-order valence-electron chi connectivity index (χ3n) is 3.73. The van der Waals surface area contributed by atoms with E-state index in [0.717, 1.165) is 12.1 Å². The van der Waals surface area contributed by atoms with Crippen molar-refractivity contribution in [1.82, 2.24) is 5.43 Å². The number of hydrogen-bond acceptors (Lipinski definition) is 4. The number of hydrazone groups is 1. The molecule has 0 atom stereocenters. The second-order valence-corrected chi connectivity index (χ2v) is 7.23. The normalized spacial score (nSPS) is 11.6. The molecule has 0 aliphatic heterocycles. The third kappa shape index (κ3) is 5.87. The van der Waals surface area contributed by atoms with Crippen molar-refractivity contribution in [3.8, 4) is 17.1 Å². The van der Waals surface area contributed by atoms with Gasteiger partial charge in [0.25, 0.3) is 5.91 Å². The number of nitrogens with one attached hydrogen (secondary N) is 1. The molecule has 1 aromatic heterocycles. The summed E-state index contributed by atoms with van der Waals surface area (Å²) in [4.78, 5) is 11.8. The highest BCUT2D eigenvalue weighted by Crippen LogP contribution is 2.32. The maximum atomic E-state index is 12.8. The van der Waals surface area contributed by atoms with Crippen molar-refractivity contribution in [1.29, 1.82) is 0 Å². The van der Waals surface area contributed by atoms with E-state index in [1.807, 2.05) is 0 Å². The number of hydrogen-bond donors (Lipinski definition) is 1. The third-order valence-corrected chi connectivity index (χ3v) is 4.59. The van der Waals surface area contributed by atoms with Crippen LogP contribution < -0.4 is 10.2 Å². The average molecular weight is 502 g/mol. The fraction of sp³-hybridized carbons (Fsp3) is 0.100. The molecule has 3 rings (SSSR count). The molecule has 0 bridgehead atoms. The van der Waals surface area contributed by atoms with Crippen LogP contribution in [0.4, 0.5) is 13.2 Å². The predicted octanol–water partition coefficient (Wildman–Crippen LogP) is 5.91. The summed E-state index contributed by atoms with van der Waals surface area (Å²) >= 11 is 9.10. The predicted molar refractivity (Wildman–Crippen MR) is 110 cm³/mol. The number of carbonyl (C=O) groups excluding carboxylic acids is 1.